The highest BCUT2D eigenvalue weighted by Crippen LogP contribution is 2.60. The second-order valence-electron chi connectivity index (χ2n) is 9.57. The first-order valence-electron chi connectivity index (χ1n) is 11.6. The van der Waals surface area contributed by atoms with Crippen LogP contribution in [-0.4, -0.2) is 61.2 Å². The van der Waals surface area contributed by atoms with Crippen LogP contribution in [-0.2, 0) is 30.7 Å². The Kier molecular flexibility index (Phi) is 4.85. The highest BCUT2D eigenvalue weighted by Gasteiger charge is 2.71. The van der Waals surface area contributed by atoms with Crippen molar-refractivity contribution in [1.29, 1.82) is 0 Å². The van der Waals surface area contributed by atoms with Gasteiger partial charge in [0.05, 0.1) is 22.1 Å². The van der Waals surface area contributed by atoms with Crippen LogP contribution < -0.4 is 0 Å². The zero-order valence-corrected chi connectivity index (χ0v) is 19.6. The maximum absolute atomic E-state index is 13.8. The fraction of sp³-hybridized carbons (Fsp3) is 0.385. The summed E-state index contributed by atoms with van der Waals surface area (Å²) in [6.07, 6.45) is 4.94. The molecule has 2 aliphatic carbocycles. The molecule has 2 fully saturated rings. The molecule has 2 saturated heterocycles. The van der Waals surface area contributed by atoms with E-state index in [4.69, 9.17) is 4.84 Å². The third kappa shape index (κ3) is 2.85. The zero-order valence-electron chi connectivity index (χ0n) is 18.8. The number of imide groups is 1. The number of allylic oxidation sites excluding steroid dienone is 1. The molecule has 2 aliphatic heterocycles. The molecule has 2 heterocycles. The van der Waals surface area contributed by atoms with Gasteiger partial charge in [-0.3, -0.25) is 19.3 Å². The van der Waals surface area contributed by atoms with Crippen LogP contribution in [0.1, 0.15) is 23.5 Å². The van der Waals surface area contributed by atoms with E-state index < -0.39 is 33.3 Å². The lowest BCUT2D eigenvalue weighted by molar-refractivity contribution is -0.196. The fourth-order valence-electron chi connectivity index (χ4n) is 6.67. The number of carbonyl (C=O) groups excluding carboxylic acids is 2. The van der Waals surface area contributed by atoms with E-state index in [1.54, 1.807) is 23.3 Å². The van der Waals surface area contributed by atoms with Crippen molar-refractivity contribution in [3.63, 3.8) is 0 Å². The Morgan fingerprint density at radius 1 is 1.03 bits per heavy atom. The summed E-state index contributed by atoms with van der Waals surface area (Å²) in [7, 11) is -1.80. The Bertz CT molecular complexity index is 1310. The molecule has 0 radical (unpaired) electrons. The van der Waals surface area contributed by atoms with Gasteiger partial charge in [0, 0.05) is 25.4 Å². The molecule has 2 aromatic rings. The lowest BCUT2D eigenvalue weighted by atomic mass is 9.55. The van der Waals surface area contributed by atoms with Crippen LogP contribution >= 0.6 is 0 Å². The van der Waals surface area contributed by atoms with Gasteiger partial charge in [-0.2, -0.15) is 5.06 Å². The quantitative estimate of drug-likeness (QED) is 0.496. The molecule has 2 aromatic carbocycles. The minimum Gasteiger partial charge on any atom is -0.284 e. The highest BCUT2D eigenvalue weighted by molar-refractivity contribution is 7.91. The van der Waals surface area contributed by atoms with Gasteiger partial charge in [0.15, 0.2) is 15.9 Å². The van der Waals surface area contributed by atoms with Gasteiger partial charge < -0.3 is 0 Å². The van der Waals surface area contributed by atoms with Gasteiger partial charge in [-0.05, 0) is 36.1 Å². The van der Waals surface area contributed by atoms with Gasteiger partial charge in [-0.1, -0.05) is 54.6 Å². The summed E-state index contributed by atoms with van der Waals surface area (Å²) in [4.78, 5) is 34.5. The molecular weight excluding hydrogens is 452 g/mol. The molecule has 5 atom stereocenters. The van der Waals surface area contributed by atoms with E-state index in [-0.39, 0.29) is 34.9 Å². The Hall–Kier alpha value is -2.81. The normalized spacial score (nSPS) is 32.3. The van der Waals surface area contributed by atoms with Crippen molar-refractivity contribution in [2.45, 2.75) is 35.3 Å². The molecule has 34 heavy (non-hydrogen) atoms. The van der Waals surface area contributed by atoms with E-state index in [0.717, 1.165) is 17.7 Å². The summed E-state index contributed by atoms with van der Waals surface area (Å²) >= 11 is 0. The molecular formula is C26H26N2O5S. The maximum Gasteiger partial charge on any atom is 0.261 e. The predicted molar refractivity (Wildman–Crippen MR) is 124 cm³/mol. The third-order valence-electron chi connectivity index (χ3n) is 8.11. The van der Waals surface area contributed by atoms with Crippen LogP contribution in [0, 0.1) is 11.8 Å². The Morgan fingerprint density at radius 2 is 1.76 bits per heavy atom. The van der Waals surface area contributed by atoms with E-state index >= 15 is 0 Å². The minimum absolute atomic E-state index is 0.0113. The molecule has 2 bridgehead atoms. The van der Waals surface area contributed by atoms with Crippen LogP contribution in [0.4, 0.5) is 0 Å². The van der Waals surface area contributed by atoms with Crippen molar-refractivity contribution in [1.82, 2.24) is 9.96 Å². The van der Waals surface area contributed by atoms with Gasteiger partial charge in [-0.15, -0.1) is 0 Å². The van der Waals surface area contributed by atoms with E-state index in [1.807, 2.05) is 19.2 Å². The van der Waals surface area contributed by atoms with Crippen LogP contribution in [0.15, 0.2) is 71.6 Å². The SMILES string of the molecule is CN1O[C@@H]2C(=O)N(CCS(=O)(=O)c3ccccc3)C(=O)[C@@H]2[C@@]12C1C=CCC2c2ccccc2C1. The standard InChI is InChI=1S/C26H26N2O5S/c1-27-26(18-9-7-13-21(26)20-12-6-5-8-17(20)16-18)22-23(33-27)25(30)28(24(22)29)14-15-34(31,32)19-10-3-2-4-11-19/h2-12,18,21-23H,13-16H2,1H3/t18?,21?,22-,23+,26+/m1/s1. The van der Waals surface area contributed by atoms with Gasteiger partial charge in [0.2, 0.25) is 5.91 Å². The Labute approximate surface area is 198 Å². The zero-order chi connectivity index (χ0) is 23.7. The van der Waals surface area contributed by atoms with Crippen molar-refractivity contribution in [2.24, 2.45) is 11.8 Å². The topological polar surface area (TPSA) is 84.0 Å². The molecule has 0 aromatic heterocycles. The van der Waals surface area contributed by atoms with Crippen molar-refractivity contribution in [3.8, 4) is 0 Å². The lowest BCUT2D eigenvalue weighted by Gasteiger charge is -2.53. The van der Waals surface area contributed by atoms with E-state index in [1.165, 1.54) is 23.3 Å². The second kappa shape index (κ2) is 7.60. The minimum atomic E-state index is -3.63. The fourth-order valence-corrected chi connectivity index (χ4v) is 7.90. The summed E-state index contributed by atoms with van der Waals surface area (Å²) in [6, 6.07) is 16.4. The number of benzene rings is 2. The molecule has 7 nitrogen and oxygen atoms in total. The number of hydrogen-bond donors (Lipinski definition) is 0. The first kappa shape index (κ1) is 21.7. The monoisotopic (exact) mass is 478 g/mol. The summed E-state index contributed by atoms with van der Waals surface area (Å²) in [5.41, 5.74) is 1.80. The number of nitrogens with zero attached hydrogens (tertiary/aromatic N) is 2. The molecule has 0 saturated carbocycles. The predicted octanol–water partition coefficient (Wildman–Crippen LogP) is 2.35. The number of fused-ring (bicyclic) bond motifs is 3. The first-order valence-corrected chi connectivity index (χ1v) is 13.3. The lowest BCUT2D eigenvalue weighted by Crippen LogP contribution is -2.61. The molecule has 1 spiro atoms. The highest BCUT2D eigenvalue weighted by atomic mass is 32.2. The average molecular weight is 479 g/mol. The number of likely N-dealkylation sites (tertiary alicyclic amines) is 1. The molecule has 0 N–H and O–H groups in total. The van der Waals surface area contributed by atoms with Crippen molar-refractivity contribution in [2.75, 3.05) is 19.3 Å². The molecule has 8 heteroatoms. The summed E-state index contributed by atoms with van der Waals surface area (Å²) in [5, 5.41) is 1.77. The van der Waals surface area contributed by atoms with Crippen LogP contribution in [0.25, 0.3) is 0 Å². The molecule has 176 valence electrons. The molecule has 2 unspecified atom stereocenters. The number of likely N-dealkylation sites (N-methyl/N-ethyl adjacent to an activating group) is 1. The maximum atomic E-state index is 13.8. The summed E-state index contributed by atoms with van der Waals surface area (Å²) < 4.78 is 25.6. The molecule has 2 amide bonds. The summed E-state index contributed by atoms with van der Waals surface area (Å²) in [6.45, 7) is -0.174. The average Bonchev–Trinajstić information content (AvgIpc) is 3.25. The number of amides is 2. The van der Waals surface area contributed by atoms with Gasteiger partial charge in [0.1, 0.15) is 0 Å². The number of sulfone groups is 1. The Morgan fingerprint density at radius 3 is 2.56 bits per heavy atom. The van der Waals surface area contributed by atoms with E-state index in [9.17, 15) is 18.0 Å². The largest absolute Gasteiger partial charge is 0.284 e. The van der Waals surface area contributed by atoms with Crippen molar-refractivity contribution in [3.05, 3.63) is 77.9 Å². The number of rotatable bonds is 4. The van der Waals surface area contributed by atoms with Crippen LogP contribution in [0.2, 0.25) is 0 Å². The third-order valence-corrected chi connectivity index (χ3v) is 9.82. The number of carbonyl (C=O) groups is 2. The summed E-state index contributed by atoms with van der Waals surface area (Å²) in [5.74, 6) is -1.72. The van der Waals surface area contributed by atoms with Crippen LogP contribution in [0.3, 0.4) is 0 Å². The Balaban J connectivity index is 1.34. The van der Waals surface area contributed by atoms with Gasteiger partial charge in [0.25, 0.3) is 5.91 Å². The van der Waals surface area contributed by atoms with Crippen molar-refractivity contribution < 1.29 is 22.8 Å². The van der Waals surface area contributed by atoms with E-state index in [2.05, 4.69) is 24.3 Å². The number of hydroxylamine groups is 2. The van der Waals surface area contributed by atoms with Crippen molar-refractivity contribution >= 4 is 21.7 Å². The van der Waals surface area contributed by atoms with E-state index in [0.29, 0.717) is 0 Å². The molecule has 6 rings (SSSR count). The first-order chi connectivity index (χ1) is 16.4. The van der Waals surface area contributed by atoms with Gasteiger partial charge in [-0.25, -0.2) is 8.42 Å². The second-order valence-corrected chi connectivity index (χ2v) is 11.7. The van der Waals surface area contributed by atoms with Gasteiger partial charge >= 0.3 is 0 Å². The van der Waals surface area contributed by atoms with Crippen LogP contribution in [0.5, 0.6) is 0 Å². The molecule has 4 aliphatic rings. The smallest absolute Gasteiger partial charge is 0.261 e. The number of hydrogen-bond acceptors (Lipinski definition) is 6.